The first kappa shape index (κ1) is 26.8. The van der Waals surface area contributed by atoms with Gasteiger partial charge in [0.1, 0.15) is 18.2 Å². The van der Waals surface area contributed by atoms with E-state index in [1.165, 1.54) is 16.9 Å². The van der Waals surface area contributed by atoms with E-state index in [2.05, 4.69) is 28.4 Å². The Labute approximate surface area is 247 Å². The average molecular weight is 578 g/mol. The van der Waals surface area contributed by atoms with Crippen LogP contribution in [-0.2, 0) is 17.2 Å². The zero-order valence-corrected chi connectivity index (χ0v) is 23.8. The molecule has 1 aliphatic carbocycles. The van der Waals surface area contributed by atoms with Gasteiger partial charge in [-0.15, -0.1) is 10.2 Å². The number of nitrogens with zero attached hydrogens (tertiary/aromatic N) is 4. The van der Waals surface area contributed by atoms with Gasteiger partial charge >= 0.3 is 0 Å². The van der Waals surface area contributed by atoms with E-state index in [0.29, 0.717) is 47.3 Å². The van der Waals surface area contributed by atoms with Crippen molar-refractivity contribution in [3.63, 3.8) is 0 Å². The molecule has 0 fully saturated rings. The molecular weight excluding hydrogens is 551 g/mol. The van der Waals surface area contributed by atoms with E-state index in [9.17, 15) is 10.1 Å². The van der Waals surface area contributed by atoms with Crippen LogP contribution >= 0.6 is 23.1 Å². The Morgan fingerprint density at radius 1 is 0.976 bits per heavy atom. The standard InChI is InChI=1S/C32H27N5O2S2/c33-18-25-28(23-14-16-24(17-15-23)39-19-21-8-3-1-4-9-21)29-26(12-7-13-27(29)38)37(30(25)34)31-35-36-32(41-31)40-20-22-10-5-2-6-11-22/h1-6,8-11,14-17,28H,7,12-13,19-20,34H2. The summed E-state index contributed by atoms with van der Waals surface area (Å²) in [5, 5.41) is 19.7. The van der Waals surface area contributed by atoms with Crippen molar-refractivity contribution >= 4 is 34.0 Å². The van der Waals surface area contributed by atoms with E-state index >= 15 is 0 Å². The van der Waals surface area contributed by atoms with Gasteiger partial charge in [0.15, 0.2) is 10.1 Å². The van der Waals surface area contributed by atoms with Crippen molar-refractivity contribution in [2.75, 3.05) is 4.90 Å². The van der Waals surface area contributed by atoms with E-state index in [4.69, 9.17) is 10.5 Å². The quantitative estimate of drug-likeness (QED) is 0.230. The largest absolute Gasteiger partial charge is 0.489 e. The van der Waals surface area contributed by atoms with Crippen molar-refractivity contribution in [3.8, 4) is 11.8 Å². The summed E-state index contributed by atoms with van der Waals surface area (Å²) in [5.41, 5.74) is 11.6. The lowest BCUT2D eigenvalue weighted by molar-refractivity contribution is -0.116. The summed E-state index contributed by atoms with van der Waals surface area (Å²) in [6.45, 7) is 0.454. The molecule has 1 atom stereocenters. The molecule has 9 heteroatoms. The number of rotatable bonds is 8. The molecule has 2 aliphatic rings. The third-order valence-electron chi connectivity index (χ3n) is 7.17. The average Bonchev–Trinajstić information content (AvgIpc) is 3.48. The number of nitrogens with two attached hydrogens (primary N) is 1. The molecule has 0 radical (unpaired) electrons. The number of Topliss-reactive ketones (excluding diaryl/α,β-unsaturated/α-hetero) is 1. The number of hydrogen-bond acceptors (Lipinski definition) is 9. The Hall–Kier alpha value is -4.39. The van der Waals surface area contributed by atoms with Crippen molar-refractivity contribution in [1.29, 1.82) is 5.26 Å². The Kier molecular flexibility index (Phi) is 7.85. The fourth-order valence-electron chi connectivity index (χ4n) is 5.21. The molecule has 204 valence electrons. The highest BCUT2D eigenvalue weighted by Gasteiger charge is 2.41. The molecular formula is C32H27N5O2S2. The number of nitriles is 1. The van der Waals surface area contributed by atoms with Crippen LogP contribution in [0, 0.1) is 11.3 Å². The lowest BCUT2D eigenvalue weighted by Gasteiger charge is -2.38. The number of aromatic nitrogens is 2. The zero-order chi connectivity index (χ0) is 28.2. The van der Waals surface area contributed by atoms with Crippen LogP contribution in [0.25, 0.3) is 0 Å². The van der Waals surface area contributed by atoms with Gasteiger partial charge in [-0.05, 0) is 41.7 Å². The molecule has 1 aliphatic heterocycles. The van der Waals surface area contributed by atoms with Gasteiger partial charge in [-0.25, -0.2) is 0 Å². The number of allylic oxidation sites excluding steroid dienone is 3. The smallest absolute Gasteiger partial charge is 0.219 e. The second-order valence-electron chi connectivity index (χ2n) is 9.78. The van der Waals surface area contributed by atoms with Crippen LogP contribution in [0.5, 0.6) is 5.75 Å². The summed E-state index contributed by atoms with van der Waals surface area (Å²) >= 11 is 3.01. The number of anilines is 1. The molecule has 1 unspecified atom stereocenters. The van der Waals surface area contributed by atoms with Crippen molar-refractivity contribution < 1.29 is 9.53 Å². The Morgan fingerprint density at radius 3 is 2.39 bits per heavy atom. The fourth-order valence-corrected chi connectivity index (χ4v) is 7.04. The summed E-state index contributed by atoms with van der Waals surface area (Å²) < 4.78 is 6.76. The van der Waals surface area contributed by atoms with Crippen molar-refractivity contribution in [3.05, 3.63) is 124 Å². The van der Waals surface area contributed by atoms with Crippen LogP contribution in [0.3, 0.4) is 0 Å². The van der Waals surface area contributed by atoms with Crippen LogP contribution in [-0.4, -0.2) is 16.0 Å². The first-order chi connectivity index (χ1) is 20.1. The molecule has 7 nitrogen and oxygen atoms in total. The second-order valence-corrected chi connectivity index (χ2v) is 12.0. The molecule has 6 rings (SSSR count). The number of ether oxygens (including phenoxy) is 1. The number of hydrogen-bond donors (Lipinski definition) is 1. The highest BCUT2D eigenvalue weighted by molar-refractivity contribution is 8.00. The van der Waals surface area contributed by atoms with Crippen molar-refractivity contribution in [2.45, 2.75) is 41.9 Å². The van der Waals surface area contributed by atoms with Gasteiger partial charge in [0.2, 0.25) is 5.13 Å². The lowest BCUT2D eigenvalue weighted by Crippen LogP contribution is -2.38. The first-order valence-corrected chi connectivity index (χ1v) is 15.2. The summed E-state index contributed by atoms with van der Waals surface area (Å²) in [4.78, 5) is 15.2. The molecule has 41 heavy (non-hydrogen) atoms. The molecule has 0 amide bonds. The van der Waals surface area contributed by atoms with E-state index in [1.807, 2.05) is 72.8 Å². The molecule has 3 aromatic carbocycles. The maximum atomic E-state index is 13.4. The molecule has 0 saturated carbocycles. The van der Waals surface area contributed by atoms with Gasteiger partial charge < -0.3 is 10.5 Å². The Morgan fingerprint density at radius 2 is 1.68 bits per heavy atom. The minimum absolute atomic E-state index is 0.0362. The number of carbonyl (C=O) groups excluding carboxylic acids is 1. The molecule has 0 bridgehead atoms. The van der Waals surface area contributed by atoms with Crippen LogP contribution in [0.1, 0.15) is 41.9 Å². The van der Waals surface area contributed by atoms with Gasteiger partial charge in [-0.2, -0.15) is 5.26 Å². The topological polar surface area (TPSA) is 105 Å². The van der Waals surface area contributed by atoms with E-state index in [1.54, 1.807) is 16.7 Å². The summed E-state index contributed by atoms with van der Waals surface area (Å²) in [7, 11) is 0. The van der Waals surface area contributed by atoms with Crippen LogP contribution in [0.4, 0.5) is 5.13 Å². The summed E-state index contributed by atoms with van der Waals surface area (Å²) in [5.74, 6) is 1.27. The molecule has 0 spiro atoms. The maximum absolute atomic E-state index is 13.4. The summed E-state index contributed by atoms with van der Waals surface area (Å²) in [6, 6.07) is 30.0. The zero-order valence-electron chi connectivity index (χ0n) is 22.2. The minimum Gasteiger partial charge on any atom is -0.489 e. The lowest BCUT2D eigenvalue weighted by atomic mass is 9.76. The first-order valence-electron chi connectivity index (χ1n) is 13.4. The Bertz CT molecular complexity index is 1660. The molecule has 2 heterocycles. The molecule has 1 aromatic heterocycles. The SMILES string of the molecule is N#CC1=C(N)N(c2nnc(SCc3ccccc3)s2)C2=C(C(=O)CCC2)C1c1ccc(OCc2ccccc2)cc1. The predicted octanol–water partition coefficient (Wildman–Crippen LogP) is 6.71. The number of benzene rings is 3. The van der Waals surface area contributed by atoms with E-state index in [-0.39, 0.29) is 5.78 Å². The van der Waals surface area contributed by atoms with Gasteiger partial charge in [0.05, 0.1) is 17.6 Å². The van der Waals surface area contributed by atoms with E-state index < -0.39 is 5.92 Å². The monoisotopic (exact) mass is 577 g/mol. The van der Waals surface area contributed by atoms with Crippen molar-refractivity contribution in [2.24, 2.45) is 5.73 Å². The maximum Gasteiger partial charge on any atom is 0.219 e. The van der Waals surface area contributed by atoms with Gasteiger partial charge in [-0.1, -0.05) is 95.9 Å². The van der Waals surface area contributed by atoms with Crippen LogP contribution in [0.2, 0.25) is 0 Å². The second kappa shape index (κ2) is 12.0. The number of thioether (sulfide) groups is 1. The predicted molar refractivity (Wildman–Crippen MR) is 161 cm³/mol. The van der Waals surface area contributed by atoms with Gasteiger partial charge in [-0.3, -0.25) is 9.69 Å². The third-order valence-corrected chi connectivity index (χ3v) is 9.28. The van der Waals surface area contributed by atoms with Crippen LogP contribution < -0.4 is 15.4 Å². The normalized spacial score (nSPS) is 16.9. The molecule has 4 aromatic rings. The van der Waals surface area contributed by atoms with E-state index in [0.717, 1.165) is 33.3 Å². The number of carbonyl (C=O) groups is 1. The van der Waals surface area contributed by atoms with Crippen molar-refractivity contribution in [1.82, 2.24) is 10.2 Å². The number of ketones is 1. The molecule has 0 saturated heterocycles. The summed E-state index contributed by atoms with van der Waals surface area (Å²) in [6.07, 6.45) is 1.83. The Balaban J connectivity index is 1.29. The minimum atomic E-state index is -0.540. The highest BCUT2D eigenvalue weighted by Crippen LogP contribution is 2.47. The van der Waals surface area contributed by atoms with Gasteiger partial charge in [0, 0.05) is 23.4 Å². The fraction of sp³-hybridized carbons (Fsp3) is 0.188. The van der Waals surface area contributed by atoms with Gasteiger partial charge in [0.25, 0.3) is 0 Å². The van der Waals surface area contributed by atoms with Crippen LogP contribution in [0.15, 0.2) is 112 Å². The third kappa shape index (κ3) is 5.62. The molecule has 2 N–H and O–H groups in total. The highest BCUT2D eigenvalue weighted by atomic mass is 32.2.